The molecule has 0 aliphatic heterocycles. The van der Waals surface area contributed by atoms with Crippen molar-refractivity contribution in [2.75, 3.05) is 13.1 Å². The fraction of sp³-hybridized carbons (Fsp3) is 0.600. The molecule has 0 aliphatic rings. The molecular weight excluding hydrogens is 244 g/mol. The number of rotatable bonds is 6. The predicted octanol–water partition coefficient (Wildman–Crippen LogP) is 3.52. The van der Waals surface area contributed by atoms with Crippen LogP contribution in [0.3, 0.4) is 0 Å². The van der Waals surface area contributed by atoms with Crippen LogP contribution in [0.15, 0.2) is 18.2 Å². The molecule has 1 aromatic carbocycles. The van der Waals surface area contributed by atoms with Gasteiger partial charge in [0.25, 0.3) is 0 Å². The highest BCUT2D eigenvalue weighted by molar-refractivity contribution is 6.30. The molecule has 0 radical (unpaired) electrons. The van der Waals surface area contributed by atoms with Gasteiger partial charge in [-0.05, 0) is 70.5 Å². The third-order valence-electron chi connectivity index (χ3n) is 2.81. The Morgan fingerprint density at radius 1 is 1.17 bits per heavy atom. The zero-order chi connectivity index (χ0) is 13.6. The van der Waals surface area contributed by atoms with Gasteiger partial charge in [0, 0.05) is 17.1 Å². The van der Waals surface area contributed by atoms with Crippen molar-refractivity contribution in [2.45, 2.75) is 46.2 Å². The lowest BCUT2D eigenvalue weighted by molar-refractivity contribution is 0.418. The summed E-state index contributed by atoms with van der Waals surface area (Å²) in [6, 6.07) is 6.06. The topological polar surface area (TPSA) is 24.1 Å². The van der Waals surface area contributed by atoms with Crippen molar-refractivity contribution in [3.63, 3.8) is 0 Å². The van der Waals surface area contributed by atoms with Crippen molar-refractivity contribution in [1.29, 1.82) is 0 Å². The highest BCUT2D eigenvalue weighted by Gasteiger charge is 2.06. The lowest BCUT2D eigenvalue weighted by Gasteiger charge is -2.20. The first-order chi connectivity index (χ1) is 8.38. The van der Waals surface area contributed by atoms with Crippen molar-refractivity contribution in [1.82, 2.24) is 10.6 Å². The van der Waals surface area contributed by atoms with Crippen molar-refractivity contribution in [3.05, 3.63) is 34.3 Å². The lowest BCUT2D eigenvalue weighted by atomic mass is 10.1. The molecule has 102 valence electrons. The Balaban J connectivity index is 2.18. The standard InChI is InChI=1S/C15H25ClN2/c1-12-10-14(16)7-6-13(12)11-17-8-5-9-18-15(2,3)4/h6-7,10,17-18H,5,8-9,11H2,1-4H3. The molecule has 0 unspecified atom stereocenters. The summed E-state index contributed by atoms with van der Waals surface area (Å²) in [5, 5.41) is 7.76. The second kappa shape index (κ2) is 7.13. The van der Waals surface area contributed by atoms with E-state index in [-0.39, 0.29) is 5.54 Å². The second-order valence-corrected chi connectivity index (χ2v) is 6.21. The Morgan fingerprint density at radius 3 is 2.50 bits per heavy atom. The zero-order valence-electron chi connectivity index (χ0n) is 11.9. The third-order valence-corrected chi connectivity index (χ3v) is 3.04. The molecule has 0 amide bonds. The second-order valence-electron chi connectivity index (χ2n) is 5.78. The van der Waals surface area contributed by atoms with Crippen LogP contribution in [0.4, 0.5) is 0 Å². The molecule has 18 heavy (non-hydrogen) atoms. The number of benzene rings is 1. The minimum absolute atomic E-state index is 0.215. The molecule has 2 N–H and O–H groups in total. The Bertz CT molecular complexity index is 369. The number of hydrogen-bond acceptors (Lipinski definition) is 2. The summed E-state index contributed by atoms with van der Waals surface area (Å²) in [5.41, 5.74) is 2.79. The maximum absolute atomic E-state index is 5.93. The van der Waals surface area contributed by atoms with E-state index in [1.807, 2.05) is 12.1 Å². The van der Waals surface area contributed by atoms with Gasteiger partial charge in [-0.3, -0.25) is 0 Å². The molecule has 0 saturated heterocycles. The molecule has 0 saturated carbocycles. The van der Waals surface area contributed by atoms with Gasteiger partial charge < -0.3 is 10.6 Å². The minimum atomic E-state index is 0.215. The van der Waals surface area contributed by atoms with Gasteiger partial charge in [0.15, 0.2) is 0 Å². The van der Waals surface area contributed by atoms with Gasteiger partial charge in [-0.15, -0.1) is 0 Å². The van der Waals surface area contributed by atoms with Crippen LogP contribution in [0.1, 0.15) is 38.3 Å². The van der Waals surface area contributed by atoms with E-state index in [0.29, 0.717) is 0 Å². The quantitative estimate of drug-likeness (QED) is 0.772. The van der Waals surface area contributed by atoms with E-state index in [9.17, 15) is 0 Å². The average molecular weight is 269 g/mol. The largest absolute Gasteiger partial charge is 0.313 e. The lowest BCUT2D eigenvalue weighted by Crippen LogP contribution is -2.37. The molecule has 0 fully saturated rings. The summed E-state index contributed by atoms with van der Waals surface area (Å²) in [6.45, 7) is 11.7. The van der Waals surface area contributed by atoms with Gasteiger partial charge in [-0.2, -0.15) is 0 Å². The normalized spacial score (nSPS) is 11.8. The first kappa shape index (κ1) is 15.5. The van der Waals surface area contributed by atoms with Crippen LogP contribution in [-0.2, 0) is 6.54 Å². The molecule has 0 aliphatic carbocycles. The Labute approximate surface area is 116 Å². The Hall–Kier alpha value is -0.570. The Morgan fingerprint density at radius 2 is 1.89 bits per heavy atom. The van der Waals surface area contributed by atoms with Crippen molar-refractivity contribution in [2.24, 2.45) is 0 Å². The fourth-order valence-electron chi connectivity index (χ4n) is 1.76. The SMILES string of the molecule is Cc1cc(Cl)ccc1CNCCCNC(C)(C)C. The molecule has 1 rings (SSSR count). The molecule has 1 aromatic rings. The van der Waals surface area contributed by atoms with E-state index in [2.05, 4.69) is 44.4 Å². The molecule has 0 heterocycles. The maximum atomic E-state index is 5.93. The van der Waals surface area contributed by atoms with Crippen LogP contribution in [0, 0.1) is 6.92 Å². The van der Waals surface area contributed by atoms with E-state index in [1.165, 1.54) is 11.1 Å². The average Bonchev–Trinajstić information content (AvgIpc) is 2.24. The number of aryl methyl sites for hydroxylation is 1. The number of halogens is 1. The first-order valence-electron chi connectivity index (χ1n) is 6.59. The number of nitrogens with one attached hydrogen (secondary N) is 2. The Kier molecular flexibility index (Phi) is 6.13. The van der Waals surface area contributed by atoms with Crippen molar-refractivity contribution >= 4 is 11.6 Å². The summed E-state index contributed by atoms with van der Waals surface area (Å²) < 4.78 is 0. The van der Waals surface area contributed by atoms with Gasteiger partial charge in [0.2, 0.25) is 0 Å². The van der Waals surface area contributed by atoms with Gasteiger partial charge in [-0.1, -0.05) is 17.7 Å². The van der Waals surface area contributed by atoms with Crippen LogP contribution in [0.2, 0.25) is 5.02 Å². The summed E-state index contributed by atoms with van der Waals surface area (Å²) >= 11 is 5.93. The summed E-state index contributed by atoms with van der Waals surface area (Å²) in [5.74, 6) is 0. The van der Waals surface area contributed by atoms with E-state index in [1.54, 1.807) is 0 Å². The van der Waals surface area contributed by atoms with Crippen LogP contribution < -0.4 is 10.6 Å². The minimum Gasteiger partial charge on any atom is -0.313 e. The highest BCUT2D eigenvalue weighted by Crippen LogP contribution is 2.14. The van der Waals surface area contributed by atoms with Crippen LogP contribution >= 0.6 is 11.6 Å². The van der Waals surface area contributed by atoms with Crippen molar-refractivity contribution in [3.8, 4) is 0 Å². The summed E-state index contributed by atoms with van der Waals surface area (Å²) in [6.07, 6.45) is 1.14. The van der Waals surface area contributed by atoms with Crippen LogP contribution in [-0.4, -0.2) is 18.6 Å². The summed E-state index contributed by atoms with van der Waals surface area (Å²) in [4.78, 5) is 0. The van der Waals surface area contributed by atoms with E-state index < -0.39 is 0 Å². The molecule has 3 heteroatoms. The molecule has 0 aromatic heterocycles. The van der Waals surface area contributed by atoms with Crippen molar-refractivity contribution < 1.29 is 0 Å². The van der Waals surface area contributed by atoms with Crippen LogP contribution in [0.25, 0.3) is 0 Å². The monoisotopic (exact) mass is 268 g/mol. The predicted molar refractivity (Wildman–Crippen MR) is 80.3 cm³/mol. The van der Waals surface area contributed by atoms with E-state index in [0.717, 1.165) is 31.1 Å². The maximum Gasteiger partial charge on any atom is 0.0408 e. The molecule has 2 nitrogen and oxygen atoms in total. The van der Waals surface area contributed by atoms with Gasteiger partial charge in [-0.25, -0.2) is 0 Å². The molecule has 0 atom stereocenters. The van der Waals surface area contributed by atoms with E-state index >= 15 is 0 Å². The summed E-state index contributed by atoms with van der Waals surface area (Å²) in [7, 11) is 0. The third kappa shape index (κ3) is 6.39. The molecule has 0 bridgehead atoms. The van der Waals surface area contributed by atoms with Gasteiger partial charge in [0.1, 0.15) is 0 Å². The smallest absolute Gasteiger partial charge is 0.0408 e. The van der Waals surface area contributed by atoms with Crippen LogP contribution in [0.5, 0.6) is 0 Å². The first-order valence-corrected chi connectivity index (χ1v) is 6.97. The highest BCUT2D eigenvalue weighted by atomic mass is 35.5. The van der Waals surface area contributed by atoms with Gasteiger partial charge >= 0.3 is 0 Å². The van der Waals surface area contributed by atoms with Gasteiger partial charge in [0.05, 0.1) is 0 Å². The molecular formula is C15H25ClN2. The fourth-order valence-corrected chi connectivity index (χ4v) is 1.98. The number of hydrogen-bond donors (Lipinski definition) is 2. The zero-order valence-corrected chi connectivity index (χ0v) is 12.7. The van der Waals surface area contributed by atoms with E-state index in [4.69, 9.17) is 11.6 Å². The molecule has 0 spiro atoms.